The summed E-state index contributed by atoms with van der Waals surface area (Å²) in [5, 5.41) is 0. The lowest BCUT2D eigenvalue weighted by Gasteiger charge is -2.12. The number of anilines is 1. The fraction of sp³-hybridized carbons (Fsp3) is 0.444. The molecule has 1 rings (SSSR count). The summed E-state index contributed by atoms with van der Waals surface area (Å²) in [6.45, 7) is 3.14. The van der Waals surface area contributed by atoms with E-state index in [0.717, 1.165) is 0 Å². The van der Waals surface area contributed by atoms with Crippen molar-refractivity contribution in [2.24, 2.45) is 0 Å². The average Bonchev–Trinajstić information content (AvgIpc) is 1.95. The van der Waals surface area contributed by atoms with E-state index in [0.29, 0.717) is 11.3 Å². The number of nitrogens with two attached hydrogens (primary N) is 1. The summed E-state index contributed by atoms with van der Waals surface area (Å²) < 4.78 is 36.4. The zero-order chi connectivity index (χ0) is 10.9. The lowest BCUT2D eigenvalue weighted by atomic mass is 10.0. The number of nitrogen functional groups attached to an aromatic ring is 1. The number of rotatable bonds is 1. The van der Waals surface area contributed by atoms with Gasteiger partial charge in [0.15, 0.2) is 0 Å². The van der Waals surface area contributed by atoms with E-state index in [2.05, 4.69) is 4.98 Å². The van der Waals surface area contributed by atoms with E-state index < -0.39 is 12.6 Å². The van der Waals surface area contributed by atoms with Gasteiger partial charge in [-0.15, -0.1) is 0 Å². The van der Waals surface area contributed by atoms with Gasteiger partial charge in [-0.05, 0) is 31.0 Å². The Morgan fingerprint density at radius 2 is 1.93 bits per heavy atom. The van der Waals surface area contributed by atoms with Crippen LogP contribution in [-0.2, 0) is 6.42 Å². The molecule has 1 heterocycles. The van der Waals surface area contributed by atoms with Gasteiger partial charge in [-0.1, -0.05) is 0 Å². The van der Waals surface area contributed by atoms with Crippen molar-refractivity contribution in [2.75, 3.05) is 5.73 Å². The molecule has 0 amide bonds. The highest BCUT2D eigenvalue weighted by Crippen LogP contribution is 2.25. The highest BCUT2D eigenvalue weighted by Gasteiger charge is 2.29. The molecule has 2 nitrogen and oxygen atoms in total. The maximum Gasteiger partial charge on any atom is 0.393 e. The number of pyridine rings is 1. The molecule has 1 aromatic heterocycles. The van der Waals surface area contributed by atoms with Crippen molar-refractivity contribution < 1.29 is 13.2 Å². The number of hydrogen-bond acceptors (Lipinski definition) is 2. The van der Waals surface area contributed by atoms with Crippen molar-refractivity contribution >= 4 is 5.82 Å². The van der Waals surface area contributed by atoms with Crippen molar-refractivity contribution in [1.82, 2.24) is 4.98 Å². The van der Waals surface area contributed by atoms with Gasteiger partial charge >= 0.3 is 6.18 Å². The highest BCUT2D eigenvalue weighted by atomic mass is 19.4. The minimum Gasteiger partial charge on any atom is -0.384 e. The van der Waals surface area contributed by atoms with Crippen molar-refractivity contribution in [2.45, 2.75) is 26.4 Å². The molecule has 0 aromatic carbocycles. The summed E-state index contributed by atoms with van der Waals surface area (Å²) >= 11 is 0. The summed E-state index contributed by atoms with van der Waals surface area (Å²) in [5.74, 6) is 0.255. The zero-order valence-corrected chi connectivity index (χ0v) is 7.94. The lowest BCUT2D eigenvalue weighted by molar-refractivity contribution is -0.127. The van der Waals surface area contributed by atoms with E-state index in [-0.39, 0.29) is 11.4 Å². The molecule has 14 heavy (non-hydrogen) atoms. The van der Waals surface area contributed by atoms with Crippen LogP contribution in [0.25, 0.3) is 0 Å². The predicted molar refractivity (Wildman–Crippen MR) is 47.9 cm³/mol. The molecule has 0 saturated carbocycles. The molecule has 0 aliphatic carbocycles. The van der Waals surface area contributed by atoms with Crippen LogP contribution in [0.4, 0.5) is 19.0 Å². The third-order valence-corrected chi connectivity index (χ3v) is 1.95. The number of hydrogen-bond donors (Lipinski definition) is 1. The molecule has 2 N–H and O–H groups in total. The highest BCUT2D eigenvalue weighted by molar-refractivity contribution is 5.40. The Balaban J connectivity index is 3.09. The van der Waals surface area contributed by atoms with Crippen molar-refractivity contribution in [3.05, 3.63) is 22.9 Å². The molecule has 0 aliphatic rings. The van der Waals surface area contributed by atoms with Crippen LogP contribution in [0.3, 0.4) is 0 Å². The molecular weight excluding hydrogens is 193 g/mol. The van der Waals surface area contributed by atoms with E-state index in [9.17, 15) is 13.2 Å². The first kappa shape index (κ1) is 10.8. The smallest absolute Gasteiger partial charge is 0.384 e. The van der Waals surface area contributed by atoms with Gasteiger partial charge in [0, 0.05) is 5.69 Å². The second kappa shape index (κ2) is 3.48. The van der Waals surface area contributed by atoms with Gasteiger partial charge in [0.1, 0.15) is 5.82 Å². The van der Waals surface area contributed by atoms with Gasteiger partial charge in [-0.2, -0.15) is 13.2 Å². The van der Waals surface area contributed by atoms with E-state index in [1.807, 2.05) is 0 Å². The Hall–Kier alpha value is -1.26. The van der Waals surface area contributed by atoms with Gasteiger partial charge in [-0.3, -0.25) is 0 Å². The second-order valence-electron chi connectivity index (χ2n) is 3.22. The second-order valence-corrected chi connectivity index (χ2v) is 3.22. The number of alkyl halides is 3. The number of nitrogens with zero attached hydrogens (tertiary/aromatic N) is 1. The first-order valence-electron chi connectivity index (χ1n) is 4.09. The van der Waals surface area contributed by atoms with Gasteiger partial charge in [-0.25, -0.2) is 4.98 Å². The number of halogens is 3. The molecular formula is C9H11F3N2. The SMILES string of the molecule is Cc1cc(N)nc(C)c1CC(F)(F)F. The summed E-state index contributed by atoms with van der Waals surface area (Å²) in [4.78, 5) is 3.80. The summed E-state index contributed by atoms with van der Waals surface area (Å²) in [6, 6.07) is 1.45. The monoisotopic (exact) mass is 204 g/mol. The molecule has 0 radical (unpaired) electrons. The third kappa shape index (κ3) is 2.61. The van der Waals surface area contributed by atoms with Crippen LogP contribution >= 0.6 is 0 Å². The topological polar surface area (TPSA) is 38.9 Å². The third-order valence-electron chi connectivity index (χ3n) is 1.95. The molecule has 78 valence electrons. The molecule has 5 heteroatoms. The van der Waals surface area contributed by atoms with Crippen LogP contribution in [0.5, 0.6) is 0 Å². The summed E-state index contributed by atoms with van der Waals surface area (Å²) in [5.41, 5.74) is 6.50. The largest absolute Gasteiger partial charge is 0.393 e. The normalized spacial score (nSPS) is 11.8. The van der Waals surface area contributed by atoms with E-state index >= 15 is 0 Å². The molecule has 0 fully saturated rings. The molecule has 0 saturated heterocycles. The maximum atomic E-state index is 12.1. The molecule has 0 aliphatic heterocycles. The Labute approximate surface area is 79.9 Å². The van der Waals surface area contributed by atoms with Crippen LogP contribution < -0.4 is 5.73 Å². The van der Waals surface area contributed by atoms with E-state index in [1.165, 1.54) is 13.0 Å². The fourth-order valence-electron chi connectivity index (χ4n) is 1.36. The minimum absolute atomic E-state index is 0.215. The van der Waals surface area contributed by atoms with Gasteiger partial charge < -0.3 is 5.73 Å². The molecule has 0 atom stereocenters. The lowest BCUT2D eigenvalue weighted by Crippen LogP contribution is -2.14. The van der Waals surface area contributed by atoms with Crippen molar-refractivity contribution in [3.63, 3.8) is 0 Å². The molecule has 0 spiro atoms. The standard InChI is InChI=1S/C9H11F3N2/c1-5-3-8(13)14-6(2)7(5)4-9(10,11)12/h3H,4H2,1-2H3,(H2,13,14). The maximum absolute atomic E-state index is 12.1. The van der Waals surface area contributed by atoms with Crippen molar-refractivity contribution in [1.29, 1.82) is 0 Å². The number of aryl methyl sites for hydroxylation is 2. The predicted octanol–water partition coefficient (Wildman–Crippen LogP) is 2.39. The van der Waals surface area contributed by atoms with Crippen LogP contribution in [0.15, 0.2) is 6.07 Å². The Kier molecular flexibility index (Phi) is 2.69. The van der Waals surface area contributed by atoms with Gasteiger partial charge in [0.05, 0.1) is 6.42 Å². The summed E-state index contributed by atoms with van der Waals surface area (Å²) in [6.07, 6.45) is -5.15. The van der Waals surface area contributed by atoms with Crippen LogP contribution in [-0.4, -0.2) is 11.2 Å². The van der Waals surface area contributed by atoms with Crippen LogP contribution in [0.2, 0.25) is 0 Å². The molecule has 0 unspecified atom stereocenters. The fourth-order valence-corrected chi connectivity index (χ4v) is 1.36. The van der Waals surface area contributed by atoms with Crippen LogP contribution in [0.1, 0.15) is 16.8 Å². The van der Waals surface area contributed by atoms with E-state index in [1.54, 1.807) is 6.92 Å². The average molecular weight is 204 g/mol. The summed E-state index contributed by atoms with van der Waals surface area (Å²) in [7, 11) is 0. The van der Waals surface area contributed by atoms with E-state index in [4.69, 9.17) is 5.73 Å². The van der Waals surface area contributed by atoms with Gasteiger partial charge in [0.25, 0.3) is 0 Å². The Bertz CT molecular complexity index is 321. The zero-order valence-electron chi connectivity index (χ0n) is 7.94. The Morgan fingerprint density at radius 3 is 2.36 bits per heavy atom. The Morgan fingerprint density at radius 1 is 1.36 bits per heavy atom. The van der Waals surface area contributed by atoms with Crippen molar-refractivity contribution in [3.8, 4) is 0 Å². The minimum atomic E-state index is -4.20. The molecule has 0 bridgehead atoms. The molecule has 1 aromatic rings. The quantitative estimate of drug-likeness (QED) is 0.762. The van der Waals surface area contributed by atoms with Gasteiger partial charge in [0.2, 0.25) is 0 Å². The first-order valence-corrected chi connectivity index (χ1v) is 4.09. The number of aromatic nitrogens is 1. The van der Waals surface area contributed by atoms with Crippen LogP contribution in [0, 0.1) is 13.8 Å². The first-order chi connectivity index (χ1) is 6.29.